The van der Waals surface area contributed by atoms with Gasteiger partial charge in [0, 0.05) is 17.9 Å². The normalized spacial score (nSPS) is 13.8. The molecule has 27 heavy (non-hydrogen) atoms. The number of nitrogens with one attached hydrogen (secondary N) is 2. The van der Waals surface area contributed by atoms with Gasteiger partial charge >= 0.3 is 0 Å². The zero-order chi connectivity index (χ0) is 19.2. The summed E-state index contributed by atoms with van der Waals surface area (Å²) in [4.78, 5) is 21.1. The molecule has 7 heteroatoms. The van der Waals surface area contributed by atoms with Crippen molar-refractivity contribution in [1.29, 1.82) is 0 Å². The van der Waals surface area contributed by atoms with Crippen LogP contribution in [0.2, 0.25) is 5.02 Å². The number of anilines is 2. The van der Waals surface area contributed by atoms with Gasteiger partial charge in [-0.25, -0.2) is 14.4 Å². The van der Waals surface area contributed by atoms with Crippen LogP contribution in [0.3, 0.4) is 0 Å². The molecule has 0 unspecified atom stereocenters. The summed E-state index contributed by atoms with van der Waals surface area (Å²) < 4.78 is 13.2. The minimum atomic E-state index is -0.535. The highest BCUT2D eigenvalue weighted by atomic mass is 35.5. The van der Waals surface area contributed by atoms with E-state index in [4.69, 9.17) is 11.6 Å². The summed E-state index contributed by atoms with van der Waals surface area (Å²) in [6.07, 6.45) is 8.11. The Hall–Kier alpha value is -2.47. The zero-order valence-corrected chi connectivity index (χ0v) is 15.9. The molecule has 0 saturated heterocycles. The monoisotopic (exact) mass is 388 g/mol. The van der Waals surface area contributed by atoms with Crippen molar-refractivity contribution in [1.82, 2.24) is 9.97 Å². The van der Waals surface area contributed by atoms with Crippen molar-refractivity contribution in [2.75, 3.05) is 17.2 Å². The third-order valence-corrected chi connectivity index (χ3v) is 4.67. The smallest absolute Gasteiger partial charge is 0.274 e. The van der Waals surface area contributed by atoms with Crippen LogP contribution in [0.1, 0.15) is 48.3 Å². The van der Waals surface area contributed by atoms with Gasteiger partial charge in [0.15, 0.2) is 0 Å². The molecule has 0 radical (unpaired) electrons. The van der Waals surface area contributed by atoms with Crippen molar-refractivity contribution in [3.8, 4) is 0 Å². The Balaban J connectivity index is 1.63. The van der Waals surface area contributed by atoms with E-state index in [-0.39, 0.29) is 10.7 Å². The Morgan fingerprint density at radius 1 is 1.26 bits per heavy atom. The summed E-state index contributed by atoms with van der Waals surface area (Å²) >= 11 is 5.75. The topological polar surface area (TPSA) is 66.9 Å². The highest BCUT2D eigenvalue weighted by Gasteiger charge is 2.12. The molecule has 1 aromatic carbocycles. The van der Waals surface area contributed by atoms with Crippen molar-refractivity contribution in [3.05, 3.63) is 58.1 Å². The second-order valence-electron chi connectivity index (χ2n) is 6.59. The maximum Gasteiger partial charge on any atom is 0.274 e. The van der Waals surface area contributed by atoms with E-state index >= 15 is 0 Å². The first-order valence-corrected chi connectivity index (χ1v) is 9.43. The number of halogens is 2. The first-order valence-electron chi connectivity index (χ1n) is 9.05. The number of rotatable bonds is 6. The first kappa shape index (κ1) is 19.3. The fourth-order valence-electron chi connectivity index (χ4n) is 3.00. The summed E-state index contributed by atoms with van der Waals surface area (Å²) in [5.41, 5.74) is 2.79. The molecular formula is C20H22ClFN4O. The van der Waals surface area contributed by atoms with E-state index in [9.17, 15) is 9.18 Å². The predicted octanol–water partition coefficient (Wildman–Crippen LogP) is 5.13. The molecule has 0 bridgehead atoms. The number of nitrogens with zero attached hydrogens (tertiary/aromatic N) is 2. The fraction of sp³-hybridized carbons (Fsp3) is 0.350. The van der Waals surface area contributed by atoms with Crippen LogP contribution in [0.25, 0.3) is 0 Å². The number of aryl methyl sites for hydroxylation is 1. The molecule has 5 nitrogen and oxygen atoms in total. The van der Waals surface area contributed by atoms with E-state index in [1.165, 1.54) is 36.6 Å². The van der Waals surface area contributed by atoms with E-state index in [0.717, 1.165) is 25.8 Å². The van der Waals surface area contributed by atoms with Gasteiger partial charge in [0.25, 0.3) is 5.91 Å². The van der Waals surface area contributed by atoms with Gasteiger partial charge in [-0.15, -0.1) is 0 Å². The summed E-state index contributed by atoms with van der Waals surface area (Å²) in [6, 6.07) is 5.62. The standard InChI is InChI=1S/C20H22ClFN4O/c1-13-11-18(19(27)25-15-7-8-17(22)16(21)12-15)26-20(24-13)23-10-9-14-5-3-2-4-6-14/h5,7-8,11-12H,2-4,6,9-10H2,1H3,(H,25,27)(H,23,24,26). The largest absolute Gasteiger partial charge is 0.354 e. The van der Waals surface area contributed by atoms with Crippen LogP contribution >= 0.6 is 11.6 Å². The van der Waals surface area contributed by atoms with Crippen molar-refractivity contribution in [2.45, 2.75) is 39.0 Å². The number of aromatic nitrogens is 2. The molecule has 0 fully saturated rings. The first-order chi connectivity index (χ1) is 13.0. The number of hydrogen-bond donors (Lipinski definition) is 2. The summed E-state index contributed by atoms with van der Waals surface area (Å²) in [7, 11) is 0. The SMILES string of the molecule is Cc1cc(C(=O)Nc2ccc(F)c(Cl)c2)nc(NCCC2=CCCCC2)n1. The van der Waals surface area contributed by atoms with Crippen molar-refractivity contribution >= 4 is 29.1 Å². The highest BCUT2D eigenvalue weighted by Crippen LogP contribution is 2.21. The Labute approximate surface area is 163 Å². The van der Waals surface area contributed by atoms with Crippen LogP contribution < -0.4 is 10.6 Å². The van der Waals surface area contributed by atoms with Gasteiger partial charge in [0.1, 0.15) is 11.5 Å². The molecule has 2 aromatic rings. The molecule has 1 heterocycles. The Bertz CT molecular complexity index is 869. The third-order valence-electron chi connectivity index (χ3n) is 4.38. The molecule has 0 atom stereocenters. The lowest BCUT2D eigenvalue weighted by Gasteiger charge is -2.13. The Morgan fingerprint density at radius 2 is 2.11 bits per heavy atom. The highest BCUT2D eigenvalue weighted by molar-refractivity contribution is 6.31. The number of amides is 1. The molecule has 1 aliphatic rings. The maximum absolute atomic E-state index is 13.2. The summed E-state index contributed by atoms with van der Waals surface area (Å²) in [6.45, 7) is 2.53. The van der Waals surface area contributed by atoms with Gasteiger partial charge in [-0.2, -0.15) is 0 Å². The van der Waals surface area contributed by atoms with Gasteiger partial charge in [0.05, 0.1) is 5.02 Å². The van der Waals surface area contributed by atoms with Crippen LogP contribution in [0.4, 0.5) is 16.0 Å². The molecular weight excluding hydrogens is 367 g/mol. The van der Waals surface area contributed by atoms with Crippen LogP contribution in [-0.4, -0.2) is 22.4 Å². The lowest BCUT2D eigenvalue weighted by molar-refractivity contribution is 0.102. The van der Waals surface area contributed by atoms with Gasteiger partial charge in [-0.05, 0) is 63.3 Å². The lowest BCUT2D eigenvalue weighted by atomic mass is 9.97. The number of benzene rings is 1. The van der Waals surface area contributed by atoms with E-state index in [2.05, 4.69) is 26.7 Å². The van der Waals surface area contributed by atoms with Crippen LogP contribution in [0.5, 0.6) is 0 Å². The van der Waals surface area contributed by atoms with Crippen LogP contribution in [-0.2, 0) is 0 Å². The quantitative estimate of drug-likeness (QED) is 0.673. The molecule has 2 N–H and O–H groups in total. The molecule has 0 spiro atoms. The van der Waals surface area contributed by atoms with E-state index in [1.807, 2.05) is 6.92 Å². The summed E-state index contributed by atoms with van der Waals surface area (Å²) in [5.74, 6) is -0.512. The maximum atomic E-state index is 13.2. The van der Waals surface area contributed by atoms with Gasteiger partial charge in [0.2, 0.25) is 5.95 Å². The van der Waals surface area contributed by atoms with Crippen molar-refractivity contribution in [2.24, 2.45) is 0 Å². The van der Waals surface area contributed by atoms with Crippen molar-refractivity contribution in [3.63, 3.8) is 0 Å². The van der Waals surface area contributed by atoms with E-state index in [0.29, 0.717) is 17.3 Å². The molecule has 1 aliphatic carbocycles. The van der Waals surface area contributed by atoms with Gasteiger partial charge in [-0.3, -0.25) is 4.79 Å². The average Bonchev–Trinajstić information content (AvgIpc) is 2.65. The summed E-state index contributed by atoms with van der Waals surface area (Å²) in [5, 5.41) is 5.82. The van der Waals surface area contributed by atoms with Crippen LogP contribution in [0, 0.1) is 12.7 Å². The third kappa shape index (κ3) is 5.50. The van der Waals surface area contributed by atoms with Crippen molar-refractivity contribution < 1.29 is 9.18 Å². The zero-order valence-electron chi connectivity index (χ0n) is 15.2. The molecule has 1 amide bonds. The second-order valence-corrected chi connectivity index (χ2v) is 6.99. The lowest BCUT2D eigenvalue weighted by Crippen LogP contribution is -2.16. The molecule has 0 aliphatic heterocycles. The number of carbonyl (C=O) groups is 1. The fourth-order valence-corrected chi connectivity index (χ4v) is 3.18. The average molecular weight is 389 g/mol. The van der Waals surface area contributed by atoms with Gasteiger partial charge < -0.3 is 10.6 Å². The van der Waals surface area contributed by atoms with Gasteiger partial charge in [-0.1, -0.05) is 23.3 Å². The second kappa shape index (κ2) is 8.95. The molecule has 0 saturated carbocycles. The Kier molecular flexibility index (Phi) is 6.40. The molecule has 142 valence electrons. The Morgan fingerprint density at radius 3 is 2.85 bits per heavy atom. The van der Waals surface area contributed by atoms with E-state index < -0.39 is 11.7 Å². The minimum Gasteiger partial charge on any atom is -0.354 e. The molecule has 1 aromatic heterocycles. The van der Waals surface area contributed by atoms with Crippen LogP contribution in [0.15, 0.2) is 35.9 Å². The van der Waals surface area contributed by atoms with E-state index in [1.54, 1.807) is 6.07 Å². The number of hydrogen-bond acceptors (Lipinski definition) is 4. The molecule has 3 rings (SSSR count). The minimum absolute atomic E-state index is 0.0500. The number of carbonyl (C=O) groups excluding carboxylic acids is 1. The number of allylic oxidation sites excluding steroid dienone is 1. The predicted molar refractivity (Wildman–Crippen MR) is 106 cm³/mol.